The second-order valence-electron chi connectivity index (χ2n) is 3.64. The minimum absolute atomic E-state index is 0.0112. The van der Waals surface area contributed by atoms with E-state index in [1.807, 2.05) is 30.3 Å². The molecular weight excluding hydrogens is 222 g/mol. The monoisotopic (exact) mass is 234 g/mol. The second-order valence-corrected chi connectivity index (χ2v) is 3.64. The van der Waals surface area contributed by atoms with Crippen LogP contribution in [0.2, 0.25) is 0 Å². The first-order valence-electron chi connectivity index (χ1n) is 5.30. The smallest absolute Gasteiger partial charge is 0.263 e. The van der Waals surface area contributed by atoms with Crippen LogP contribution in [-0.2, 0) is 6.61 Å². The maximum Gasteiger partial charge on any atom is 0.263 e. The quantitative estimate of drug-likeness (QED) is 0.770. The van der Waals surface area contributed by atoms with Crippen LogP contribution in [0.15, 0.2) is 54.6 Å². The number of ether oxygens (including phenoxy) is 1. The molecule has 0 bridgehead atoms. The van der Waals surface area contributed by atoms with Crippen molar-refractivity contribution < 1.29 is 13.5 Å². The van der Waals surface area contributed by atoms with Crippen molar-refractivity contribution in [1.29, 1.82) is 0 Å². The zero-order valence-corrected chi connectivity index (χ0v) is 9.14. The number of rotatable bonds is 4. The fraction of sp³-hybridized carbons (Fsp3) is 0.143. The van der Waals surface area contributed by atoms with Gasteiger partial charge in [0.05, 0.1) is 0 Å². The fourth-order valence-electron chi connectivity index (χ4n) is 1.45. The summed E-state index contributed by atoms with van der Waals surface area (Å²) in [6.45, 7) is 0.439. The Kier molecular flexibility index (Phi) is 3.70. The van der Waals surface area contributed by atoms with Gasteiger partial charge in [0, 0.05) is 5.56 Å². The van der Waals surface area contributed by atoms with Crippen molar-refractivity contribution in [3.05, 3.63) is 65.7 Å². The maximum absolute atomic E-state index is 12.3. The van der Waals surface area contributed by atoms with Crippen LogP contribution in [0, 0.1) is 0 Å². The lowest BCUT2D eigenvalue weighted by molar-refractivity contribution is 0.151. The molecule has 2 aromatic carbocycles. The van der Waals surface area contributed by atoms with Crippen molar-refractivity contribution in [2.75, 3.05) is 0 Å². The van der Waals surface area contributed by atoms with Gasteiger partial charge >= 0.3 is 0 Å². The molecule has 0 radical (unpaired) electrons. The summed E-state index contributed by atoms with van der Waals surface area (Å²) in [5, 5.41) is 0. The van der Waals surface area contributed by atoms with E-state index in [0.29, 0.717) is 12.4 Å². The number of alkyl halides is 2. The molecule has 0 aromatic heterocycles. The number of hydrogen-bond acceptors (Lipinski definition) is 1. The van der Waals surface area contributed by atoms with Gasteiger partial charge in [0.25, 0.3) is 6.43 Å². The van der Waals surface area contributed by atoms with Crippen LogP contribution in [0.25, 0.3) is 0 Å². The van der Waals surface area contributed by atoms with Crippen molar-refractivity contribution in [2.45, 2.75) is 13.0 Å². The first-order chi connectivity index (χ1) is 8.25. The van der Waals surface area contributed by atoms with E-state index in [1.165, 1.54) is 12.1 Å². The molecule has 0 aliphatic carbocycles. The van der Waals surface area contributed by atoms with Crippen molar-refractivity contribution in [3.63, 3.8) is 0 Å². The molecule has 1 nitrogen and oxygen atoms in total. The van der Waals surface area contributed by atoms with E-state index in [0.717, 1.165) is 5.56 Å². The lowest BCUT2D eigenvalue weighted by atomic mass is 10.2. The number of halogens is 2. The molecule has 2 aromatic rings. The molecule has 0 atom stereocenters. The molecule has 0 amide bonds. The van der Waals surface area contributed by atoms with E-state index in [1.54, 1.807) is 12.1 Å². The van der Waals surface area contributed by atoms with Crippen molar-refractivity contribution in [1.82, 2.24) is 0 Å². The Hall–Kier alpha value is -1.90. The van der Waals surface area contributed by atoms with E-state index in [9.17, 15) is 8.78 Å². The molecule has 17 heavy (non-hydrogen) atoms. The van der Waals surface area contributed by atoms with Gasteiger partial charge in [-0.05, 0) is 29.8 Å². The highest BCUT2D eigenvalue weighted by molar-refractivity contribution is 5.28. The summed E-state index contributed by atoms with van der Waals surface area (Å²) < 4.78 is 30.1. The molecule has 0 saturated carbocycles. The van der Waals surface area contributed by atoms with Gasteiger partial charge in [0.15, 0.2) is 0 Å². The summed E-state index contributed by atoms with van der Waals surface area (Å²) in [5.74, 6) is 0.596. The van der Waals surface area contributed by atoms with Crippen LogP contribution in [0.3, 0.4) is 0 Å². The molecule has 0 aliphatic heterocycles. The Morgan fingerprint density at radius 1 is 0.882 bits per heavy atom. The minimum Gasteiger partial charge on any atom is -0.489 e. The summed E-state index contributed by atoms with van der Waals surface area (Å²) in [5.41, 5.74) is 1.06. The molecule has 0 unspecified atom stereocenters. The molecular formula is C14H12F2O. The summed E-state index contributed by atoms with van der Waals surface area (Å²) >= 11 is 0. The van der Waals surface area contributed by atoms with Crippen LogP contribution in [0.5, 0.6) is 5.75 Å². The molecule has 0 fully saturated rings. The lowest BCUT2D eigenvalue weighted by Crippen LogP contribution is -1.95. The third-order valence-corrected chi connectivity index (χ3v) is 2.38. The highest BCUT2D eigenvalue weighted by Gasteiger charge is 2.05. The van der Waals surface area contributed by atoms with Gasteiger partial charge in [-0.15, -0.1) is 0 Å². The molecule has 0 spiro atoms. The van der Waals surface area contributed by atoms with Gasteiger partial charge in [-0.2, -0.15) is 0 Å². The van der Waals surface area contributed by atoms with Gasteiger partial charge in [-0.3, -0.25) is 0 Å². The molecule has 0 saturated heterocycles. The van der Waals surface area contributed by atoms with Crippen LogP contribution >= 0.6 is 0 Å². The summed E-state index contributed by atoms with van der Waals surface area (Å²) in [4.78, 5) is 0. The fourth-order valence-corrected chi connectivity index (χ4v) is 1.45. The number of benzene rings is 2. The topological polar surface area (TPSA) is 9.23 Å². The first-order valence-corrected chi connectivity index (χ1v) is 5.30. The van der Waals surface area contributed by atoms with Crippen molar-refractivity contribution in [2.24, 2.45) is 0 Å². The summed E-state index contributed by atoms with van der Waals surface area (Å²) in [6.07, 6.45) is -2.43. The third kappa shape index (κ3) is 3.28. The van der Waals surface area contributed by atoms with Gasteiger partial charge in [0.1, 0.15) is 12.4 Å². The Labute approximate surface area is 98.7 Å². The van der Waals surface area contributed by atoms with E-state index in [4.69, 9.17) is 4.74 Å². The number of hydrogen-bond donors (Lipinski definition) is 0. The van der Waals surface area contributed by atoms with Crippen molar-refractivity contribution in [3.8, 4) is 5.75 Å². The van der Waals surface area contributed by atoms with Crippen molar-refractivity contribution >= 4 is 0 Å². The highest BCUT2D eigenvalue weighted by atomic mass is 19.3. The van der Waals surface area contributed by atoms with Gasteiger partial charge in [-0.25, -0.2) is 8.78 Å². The zero-order valence-electron chi connectivity index (χ0n) is 9.14. The summed E-state index contributed by atoms with van der Waals surface area (Å²) in [7, 11) is 0. The Morgan fingerprint density at radius 3 is 2.12 bits per heavy atom. The zero-order chi connectivity index (χ0) is 12.1. The SMILES string of the molecule is FC(F)c1ccc(OCc2ccccc2)cc1. The molecule has 88 valence electrons. The molecule has 0 heterocycles. The highest BCUT2D eigenvalue weighted by Crippen LogP contribution is 2.21. The van der Waals surface area contributed by atoms with Crippen LogP contribution < -0.4 is 4.74 Å². The third-order valence-electron chi connectivity index (χ3n) is 2.38. The van der Waals surface area contributed by atoms with Crippen LogP contribution in [0.1, 0.15) is 17.6 Å². The van der Waals surface area contributed by atoms with Crippen LogP contribution in [0.4, 0.5) is 8.78 Å². The average Bonchev–Trinajstić information content (AvgIpc) is 2.38. The molecule has 0 aliphatic rings. The Bertz CT molecular complexity index is 451. The lowest BCUT2D eigenvalue weighted by Gasteiger charge is -2.07. The molecule has 0 N–H and O–H groups in total. The normalized spacial score (nSPS) is 10.5. The standard InChI is InChI=1S/C14H12F2O/c15-14(16)12-6-8-13(9-7-12)17-10-11-4-2-1-3-5-11/h1-9,14H,10H2. The van der Waals surface area contributed by atoms with Crippen LogP contribution in [-0.4, -0.2) is 0 Å². The van der Waals surface area contributed by atoms with E-state index < -0.39 is 6.43 Å². The Balaban J connectivity index is 1.96. The van der Waals surface area contributed by atoms with Gasteiger partial charge < -0.3 is 4.74 Å². The largest absolute Gasteiger partial charge is 0.489 e. The second kappa shape index (κ2) is 5.43. The maximum atomic E-state index is 12.3. The average molecular weight is 234 g/mol. The minimum atomic E-state index is -2.43. The molecule has 3 heteroatoms. The Morgan fingerprint density at radius 2 is 1.53 bits per heavy atom. The first kappa shape index (κ1) is 11.6. The van der Waals surface area contributed by atoms with E-state index in [2.05, 4.69) is 0 Å². The van der Waals surface area contributed by atoms with Gasteiger partial charge in [-0.1, -0.05) is 30.3 Å². The summed E-state index contributed by atoms with van der Waals surface area (Å²) in [6, 6.07) is 15.6. The van der Waals surface area contributed by atoms with E-state index >= 15 is 0 Å². The molecule has 2 rings (SSSR count). The van der Waals surface area contributed by atoms with E-state index in [-0.39, 0.29) is 5.56 Å². The van der Waals surface area contributed by atoms with Gasteiger partial charge in [0.2, 0.25) is 0 Å². The predicted molar refractivity (Wildman–Crippen MR) is 62.2 cm³/mol. The predicted octanol–water partition coefficient (Wildman–Crippen LogP) is 4.20.